The van der Waals surface area contributed by atoms with Crippen LogP contribution in [-0.2, 0) is 19.0 Å². The third-order valence-electron chi connectivity index (χ3n) is 3.44. The van der Waals surface area contributed by atoms with Gasteiger partial charge in [-0.15, -0.1) is 0 Å². The number of aliphatic hydroxyl groups is 1. The van der Waals surface area contributed by atoms with Gasteiger partial charge in [-0.05, 0) is 19.3 Å². The molecule has 1 aliphatic heterocycles. The first-order valence-corrected chi connectivity index (χ1v) is 7.16. The largest absolute Gasteiger partial charge is 0.469 e. The summed E-state index contributed by atoms with van der Waals surface area (Å²) in [5.41, 5.74) is 0. The number of carbonyl (C=O) groups is 1. The second kappa shape index (κ2) is 9.64. The topological polar surface area (TPSA) is 108 Å². The van der Waals surface area contributed by atoms with Gasteiger partial charge in [0, 0.05) is 24.4 Å². The van der Waals surface area contributed by atoms with Crippen molar-refractivity contribution in [2.45, 2.75) is 57.0 Å². The van der Waals surface area contributed by atoms with E-state index in [1.807, 2.05) is 0 Å². The van der Waals surface area contributed by atoms with Gasteiger partial charge >= 0.3 is 5.97 Å². The molecule has 8 nitrogen and oxygen atoms in total. The van der Waals surface area contributed by atoms with Crippen molar-refractivity contribution in [2.75, 3.05) is 20.3 Å². The smallest absolute Gasteiger partial charge is 0.305 e. The third kappa shape index (κ3) is 6.83. The molecule has 0 aromatic carbocycles. The molecule has 1 N–H and O–H groups in total. The van der Waals surface area contributed by atoms with Gasteiger partial charge in [-0.2, -0.15) is 0 Å². The number of nitrogens with zero attached hydrogens (tertiary/aromatic N) is 1. The van der Waals surface area contributed by atoms with Gasteiger partial charge in [0.2, 0.25) is 6.04 Å². The highest BCUT2D eigenvalue weighted by Gasteiger charge is 2.30. The van der Waals surface area contributed by atoms with Crippen molar-refractivity contribution < 1.29 is 29.0 Å². The van der Waals surface area contributed by atoms with Crippen LogP contribution < -0.4 is 0 Å². The van der Waals surface area contributed by atoms with Crippen LogP contribution in [0.4, 0.5) is 0 Å². The van der Waals surface area contributed by atoms with Crippen LogP contribution in [0.2, 0.25) is 0 Å². The monoisotopic (exact) mass is 306 g/mol. The van der Waals surface area contributed by atoms with Crippen molar-refractivity contribution in [3.05, 3.63) is 10.1 Å². The molecule has 1 rings (SSSR count). The molecule has 21 heavy (non-hydrogen) atoms. The van der Waals surface area contributed by atoms with Gasteiger partial charge in [0.05, 0.1) is 20.1 Å². The van der Waals surface area contributed by atoms with E-state index in [0.717, 1.165) is 19.3 Å². The van der Waals surface area contributed by atoms with Crippen LogP contribution in [0.25, 0.3) is 0 Å². The molecule has 0 spiro atoms. The Bertz CT molecular complexity index is 330. The summed E-state index contributed by atoms with van der Waals surface area (Å²) < 4.78 is 15.2. The van der Waals surface area contributed by atoms with E-state index in [-0.39, 0.29) is 32.2 Å². The van der Waals surface area contributed by atoms with E-state index in [4.69, 9.17) is 9.47 Å². The van der Waals surface area contributed by atoms with Crippen molar-refractivity contribution in [1.29, 1.82) is 0 Å². The summed E-state index contributed by atoms with van der Waals surface area (Å²) in [7, 11) is 1.22. The summed E-state index contributed by atoms with van der Waals surface area (Å²) in [5.74, 6) is -0.527. The number of carbonyl (C=O) groups excluding carboxylic acids is 1. The van der Waals surface area contributed by atoms with E-state index in [0.29, 0.717) is 6.61 Å². The summed E-state index contributed by atoms with van der Waals surface area (Å²) in [6.45, 7) is 0.846. The van der Waals surface area contributed by atoms with Gasteiger partial charge in [0.1, 0.15) is 6.10 Å². The number of esters is 1. The highest BCUT2D eigenvalue weighted by molar-refractivity contribution is 5.69. The Hall–Kier alpha value is -1.25. The highest BCUT2D eigenvalue weighted by atomic mass is 16.7. The number of ether oxygens (including phenoxy) is 3. The zero-order valence-corrected chi connectivity index (χ0v) is 12.2. The lowest BCUT2D eigenvalue weighted by atomic mass is 10.2. The predicted molar refractivity (Wildman–Crippen MR) is 72.2 cm³/mol. The number of methoxy groups -OCH3 is 1. The molecular formula is C13H23NO7. The molecule has 3 unspecified atom stereocenters. The molecule has 122 valence electrons. The summed E-state index contributed by atoms with van der Waals surface area (Å²) in [6, 6.07) is -1.19. The SMILES string of the molecule is COC(=O)CCC([13CH](O)CCOC1CCCCO1)[N+](=O)[O-]. The van der Waals surface area contributed by atoms with Crippen molar-refractivity contribution >= 4 is 5.97 Å². The van der Waals surface area contributed by atoms with Crippen LogP contribution in [0.5, 0.6) is 0 Å². The molecular weight excluding hydrogens is 283 g/mol. The second-order valence-corrected chi connectivity index (χ2v) is 4.99. The molecule has 0 aromatic heterocycles. The fourth-order valence-corrected chi connectivity index (χ4v) is 2.16. The van der Waals surface area contributed by atoms with Crippen LogP contribution in [-0.4, -0.2) is 54.8 Å². The Labute approximate surface area is 123 Å². The van der Waals surface area contributed by atoms with Crippen LogP contribution in [0.1, 0.15) is 38.5 Å². The van der Waals surface area contributed by atoms with Gasteiger partial charge in [-0.1, -0.05) is 0 Å². The number of rotatable bonds is 9. The molecule has 8 heteroatoms. The Balaban J connectivity index is 2.29. The summed E-state index contributed by atoms with van der Waals surface area (Å²) in [6.07, 6.45) is 1.39. The van der Waals surface area contributed by atoms with Crippen molar-refractivity contribution in [3.8, 4) is 0 Å². The lowest BCUT2D eigenvalue weighted by molar-refractivity contribution is -0.535. The maximum Gasteiger partial charge on any atom is 0.305 e. The van der Waals surface area contributed by atoms with E-state index in [1.165, 1.54) is 7.11 Å². The van der Waals surface area contributed by atoms with Gasteiger partial charge in [-0.3, -0.25) is 14.9 Å². The molecule has 3 atom stereocenters. The first-order valence-electron chi connectivity index (χ1n) is 7.16. The molecule has 0 bridgehead atoms. The molecule has 0 radical (unpaired) electrons. The average Bonchev–Trinajstić information content (AvgIpc) is 2.48. The van der Waals surface area contributed by atoms with E-state index < -0.39 is 23.0 Å². The minimum Gasteiger partial charge on any atom is -0.469 e. The molecule has 0 saturated carbocycles. The van der Waals surface area contributed by atoms with Gasteiger partial charge in [-0.25, -0.2) is 0 Å². The zero-order chi connectivity index (χ0) is 15.7. The van der Waals surface area contributed by atoms with Gasteiger partial charge in [0.25, 0.3) is 0 Å². The minimum absolute atomic E-state index is 0.0548. The fourth-order valence-electron chi connectivity index (χ4n) is 2.16. The summed E-state index contributed by atoms with van der Waals surface area (Å²) in [4.78, 5) is 21.4. The van der Waals surface area contributed by atoms with Crippen molar-refractivity contribution in [2.24, 2.45) is 0 Å². The first kappa shape index (κ1) is 17.8. The molecule has 1 saturated heterocycles. The standard InChI is InChI=1S/C13H23NO7/c1-19-12(16)6-5-10(14(17)18)11(15)7-9-21-13-4-2-3-8-20-13/h10-11,13,15H,2-9H2,1H3/i11+1. The van der Waals surface area contributed by atoms with Crippen LogP contribution >= 0.6 is 0 Å². The molecule has 1 heterocycles. The van der Waals surface area contributed by atoms with Crippen LogP contribution in [0.3, 0.4) is 0 Å². The lowest BCUT2D eigenvalue weighted by Crippen LogP contribution is -2.35. The molecule has 1 fully saturated rings. The summed E-state index contributed by atoms with van der Waals surface area (Å²) in [5, 5.41) is 20.8. The third-order valence-corrected chi connectivity index (χ3v) is 3.44. The molecule has 1 aliphatic rings. The first-order chi connectivity index (χ1) is 10.0. The zero-order valence-electron chi connectivity index (χ0n) is 12.2. The number of hydrogen-bond acceptors (Lipinski definition) is 7. The van der Waals surface area contributed by atoms with E-state index >= 15 is 0 Å². The van der Waals surface area contributed by atoms with Gasteiger partial charge in [0.15, 0.2) is 6.29 Å². The quantitative estimate of drug-likeness (QED) is 0.291. The Morgan fingerprint density at radius 1 is 1.48 bits per heavy atom. The Kier molecular flexibility index (Phi) is 8.17. The molecule has 0 aromatic rings. The normalized spacial score (nSPS) is 21.5. The fraction of sp³-hybridized carbons (Fsp3) is 0.923. The molecule has 0 aliphatic carbocycles. The lowest BCUT2D eigenvalue weighted by Gasteiger charge is -2.23. The van der Waals surface area contributed by atoms with Crippen molar-refractivity contribution in [1.82, 2.24) is 0 Å². The minimum atomic E-state index is -1.19. The van der Waals surface area contributed by atoms with Crippen LogP contribution in [0.15, 0.2) is 0 Å². The number of nitro groups is 1. The maximum absolute atomic E-state index is 11.0. The van der Waals surface area contributed by atoms with E-state index in [9.17, 15) is 20.0 Å². The Morgan fingerprint density at radius 3 is 2.81 bits per heavy atom. The van der Waals surface area contributed by atoms with E-state index in [1.54, 1.807) is 0 Å². The van der Waals surface area contributed by atoms with Crippen LogP contribution in [0, 0.1) is 10.1 Å². The number of hydrogen-bond donors (Lipinski definition) is 1. The maximum atomic E-state index is 11.0. The van der Waals surface area contributed by atoms with Gasteiger partial charge < -0.3 is 19.3 Å². The predicted octanol–water partition coefficient (Wildman–Crippen LogP) is 0.879. The average molecular weight is 306 g/mol. The van der Waals surface area contributed by atoms with E-state index in [2.05, 4.69) is 4.74 Å². The highest BCUT2D eigenvalue weighted by Crippen LogP contribution is 2.15. The van der Waals surface area contributed by atoms with Crippen molar-refractivity contribution in [3.63, 3.8) is 0 Å². The number of aliphatic hydroxyl groups excluding tert-OH is 1. The molecule has 0 amide bonds. The summed E-state index contributed by atoms with van der Waals surface area (Å²) >= 11 is 0. The second-order valence-electron chi connectivity index (χ2n) is 4.99. The Morgan fingerprint density at radius 2 is 2.24 bits per heavy atom.